The van der Waals surface area contributed by atoms with Crippen molar-refractivity contribution < 1.29 is 28.7 Å². The quantitative estimate of drug-likeness (QED) is 0.184. The normalized spacial score (nSPS) is 12.4. The molecule has 13 heteroatoms. The standard InChI is InChI=1S/C29H32ClN5O6S/c1-17(36)42-16-27(37)33-10-3-2-4-12-40-26-15-24-20(14-21(26)28(31)38)25(9-11-32-24)41-19-7-8-23(22(30)13-19)35-29(39)34-18-5-6-18/h7-9,11,13-15,18H,2-6,10,12,16H2,1H3,(H2,31,38)(H,33,37)(H2,34,35,39). The van der Waals surface area contributed by atoms with Gasteiger partial charge in [0.15, 0.2) is 5.12 Å². The highest BCUT2D eigenvalue weighted by Crippen LogP contribution is 2.35. The lowest BCUT2D eigenvalue weighted by atomic mass is 10.1. The van der Waals surface area contributed by atoms with Gasteiger partial charge in [0.05, 0.1) is 34.1 Å². The number of ether oxygens (including phenoxy) is 2. The molecule has 1 saturated carbocycles. The number of hydrogen-bond donors (Lipinski definition) is 4. The fourth-order valence-corrected chi connectivity index (χ4v) is 4.59. The smallest absolute Gasteiger partial charge is 0.319 e. The van der Waals surface area contributed by atoms with Crippen LogP contribution >= 0.6 is 23.4 Å². The predicted octanol–water partition coefficient (Wildman–Crippen LogP) is 5.01. The van der Waals surface area contributed by atoms with Gasteiger partial charge in [0.2, 0.25) is 5.91 Å². The number of nitrogens with one attached hydrogen (secondary N) is 3. The fourth-order valence-electron chi connectivity index (χ4n) is 3.94. The highest BCUT2D eigenvalue weighted by atomic mass is 35.5. The maximum absolute atomic E-state index is 12.3. The third-order valence-corrected chi connectivity index (χ3v) is 7.33. The first kappa shape index (κ1) is 30.9. The summed E-state index contributed by atoms with van der Waals surface area (Å²) >= 11 is 7.36. The van der Waals surface area contributed by atoms with Crippen LogP contribution in [0.25, 0.3) is 10.9 Å². The Labute approximate surface area is 252 Å². The molecule has 0 unspecified atom stereocenters. The van der Waals surface area contributed by atoms with Crippen LogP contribution in [0.3, 0.4) is 0 Å². The minimum Gasteiger partial charge on any atom is -0.493 e. The Hall–Kier alpha value is -4.03. The summed E-state index contributed by atoms with van der Waals surface area (Å²) in [5, 5.41) is 9.11. The van der Waals surface area contributed by atoms with Crippen LogP contribution < -0.4 is 31.2 Å². The maximum Gasteiger partial charge on any atom is 0.319 e. The number of rotatable bonds is 14. The largest absolute Gasteiger partial charge is 0.493 e. The molecule has 1 aliphatic carbocycles. The van der Waals surface area contributed by atoms with Crippen molar-refractivity contribution in [3.8, 4) is 17.2 Å². The van der Waals surface area contributed by atoms with Crippen LogP contribution in [0.15, 0.2) is 42.6 Å². The molecular formula is C29H32ClN5O6S. The van der Waals surface area contributed by atoms with Gasteiger partial charge in [0, 0.05) is 43.2 Å². The second-order valence-corrected chi connectivity index (χ2v) is 11.3. The lowest BCUT2D eigenvalue weighted by molar-refractivity contribution is -0.118. The number of fused-ring (bicyclic) bond motifs is 1. The van der Waals surface area contributed by atoms with Crippen LogP contribution in [0.1, 0.15) is 49.4 Å². The highest BCUT2D eigenvalue weighted by molar-refractivity contribution is 8.14. The van der Waals surface area contributed by atoms with E-state index in [1.165, 1.54) is 6.92 Å². The molecule has 42 heavy (non-hydrogen) atoms. The number of urea groups is 1. The van der Waals surface area contributed by atoms with Crippen LogP contribution in [-0.2, 0) is 9.59 Å². The number of nitrogens with two attached hydrogens (primary N) is 1. The van der Waals surface area contributed by atoms with Gasteiger partial charge in [-0.15, -0.1) is 0 Å². The van der Waals surface area contributed by atoms with Gasteiger partial charge in [-0.25, -0.2) is 4.79 Å². The zero-order valence-electron chi connectivity index (χ0n) is 23.0. The number of anilines is 1. The van der Waals surface area contributed by atoms with Crippen molar-refractivity contribution >= 4 is 62.9 Å². The molecule has 4 amide bonds. The summed E-state index contributed by atoms with van der Waals surface area (Å²) in [6, 6.07) is 9.72. The predicted molar refractivity (Wildman–Crippen MR) is 162 cm³/mol. The number of benzene rings is 2. The van der Waals surface area contributed by atoms with Gasteiger partial charge >= 0.3 is 6.03 Å². The second kappa shape index (κ2) is 14.7. The Bertz CT molecular complexity index is 1480. The van der Waals surface area contributed by atoms with Gasteiger partial charge < -0.3 is 31.2 Å². The number of unbranched alkanes of at least 4 members (excludes halogenated alkanes) is 2. The van der Waals surface area contributed by atoms with Crippen LogP contribution in [0.4, 0.5) is 10.5 Å². The molecule has 0 saturated heterocycles. The first-order valence-corrected chi connectivity index (χ1v) is 14.9. The van der Waals surface area contributed by atoms with Gasteiger partial charge in [-0.3, -0.25) is 19.4 Å². The molecule has 0 aliphatic heterocycles. The summed E-state index contributed by atoms with van der Waals surface area (Å²) in [6.07, 6.45) is 5.76. The van der Waals surface area contributed by atoms with E-state index in [2.05, 4.69) is 20.9 Å². The van der Waals surface area contributed by atoms with Crippen molar-refractivity contribution in [2.75, 3.05) is 24.2 Å². The molecule has 11 nitrogen and oxygen atoms in total. The number of thioether (sulfide) groups is 1. The van der Waals surface area contributed by atoms with Crippen molar-refractivity contribution in [2.24, 2.45) is 5.73 Å². The summed E-state index contributed by atoms with van der Waals surface area (Å²) in [5.41, 5.74) is 6.84. The molecule has 222 valence electrons. The van der Waals surface area contributed by atoms with E-state index in [1.54, 1.807) is 42.6 Å². The van der Waals surface area contributed by atoms with E-state index in [0.29, 0.717) is 58.4 Å². The number of hydrogen-bond acceptors (Lipinski definition) is 8. The summed E-state index contributed by atoms with van der Waals surface area (Å²) < 4.78 is 11.9. The van der Waals surface area contributed by atoms with Crippen LogP contribution in [-0.4, -0.2) is 52.9 Å². The lowest BCUT2D eigenvalue weighted by Gasteiger charge is -2.14. The summed E-state index contributed by atoms with van der Waals surface area (Å²) in [4.78, 5) is 51.3. The molecule has 1 aliphatic rings. The molecule has 1 aromatic heterocycles. The van der Waals surface area contributed by atoms with Gasteiger partial charge in [-0.2, -0.15) is 0 Å². The summed E-state index contributed by atoms with van der Waals surface area (Å²) in [7, 11) is 0. The van der Waals surface area contributed by atoms with Crippen molar-refractivity contribution in [1.29, 1.82) is 0 Å². The van der Waals surface area contributed by atoms with Crippen molar-refractivity contribution in [3.05, 3.63) is 53.2 Å². The number of primary amides is 1. The Morgan fingerprint density at radius 3 is 2.60 bits per heavy atom. The van der Waals surface area contributed by atoms with Crippen molar-refractivity contribution in [1.82, 2.24) is 15.6 Å². The molecule has 0 bridgehead atoms. The molecule has 2 aromatic carbocycles. The molecular weight excluding hydrogens is 582 g/mol. The molecule has 4 rings (SSSR count). The summed E-state index contributed by atoms with van der Waals surface area (Å²) in [6.45, 7) is 2.27. The number of carbonyl (C=O) groups is 4. The Morgan fingerprint density at radius 1 is 1.07 bits per heavy atom. The number of nitrogens with zero attached hydrogens (tertiary/aromatic N) is 1. The zero-order chi connectivity index (χ0) is 30.1. The molecule has 1 fully saturated rings. The average Bonchev–Trinajstić information content (AvgIpc) is 3.76. The van der Waals surface area contributed by atoms with E-state index < -0.39 is 5.91 Å². The number of amides is 4. The maximum atomic E-state index is 12.3. The minimum absolute atomic E-state index is 0.0927. The number of halogens is 1. The van der Waals surface area contributed by atoms with Gasteiger partial charge in [0.1, 0.15) is 17.2 Å². The van der Waals surface area contributed by atoms with Gasteiger partial charge in [0.25, 0.3) is 5.91 Å². The summed E-state index contributed by atoms with van der Waals surface area (Å²) in [5.74, 6) is 0.467. The van der Waals surface area contributed by atoms with Crippen LogP contribution in [0.5, 0.6) is 17.2 Å². The minimum atomic E-state index is -0.657. The van der Waals surface area contributed by atoms with E-state index in [9.17, 15) is 19.2 Å². The fraction of sp³-hybridized carbons (Fsp3) is 0.345. The third kappa shape index (κ3) is 9.25. The molecule has 0 spiro atoms. The van der Waals surface area contributed by atoms with E-state index in [-0.39, 0.29) is 34.4 Å². The average molecular weight is 614 g/mol. The number of aromatic nitrogens is 1. The molecule has 0 radical (unpaired) electrons. The number of carbonyl (C=O) groups excluding carboxylic acids is 4. The monoisotopic (exact) mass is 613 g/mol. The lowest BCUT2D eigenvalue weighted by Crippen LogP contribution is -2.30. The SMILES string of the molecule is CC(=O)SCC(=O)NCCCCCOc1cc2nccc(Oc3ccc(NC(=O)NC4CC4)c(Cl)c3)c2cc1C(N)=O. The molecule has 1 heterocycles. The van der Waals surface area contributed by atoms with Crippen LogP contribution in [0, 0.1) is 0 Å². The molecule has 0 atom stereocenters. The van der Waals surface area contributed by atoms with E-state index in [0.717, 1.165) is 37.4 Å². The van der Waals surface area contributed by atoms with Gasteiger partial charge in [-0.05, 0) is 56.4 Å². The molecule has 3 aromatic rings. The Morgan fingerprint density at radius 2 is 1.88 bits per heavy atom. The topological polar surface area (TPSA) is 162 Å². The zero-order valence-corrected chi connectivity index (χ0v) is 24.6. The highest BCUT2D eigenvalue weighted by Gasteiger charge is 2.23. The Balaban J connectivity index is 1.35. The van der Waals surface area contributed by atoms with Crippen molar-refractivity contribution in [2.45, 2.75) is 45.1 Å². The number of pyridine rings is 1. The van der Waals surface area contributed by atoms with Crippen LogP contribution in [0.2, 0.25) is 5.02 Å². The van der Waals surface area contributed by atoms with Gasteiger partial charge in [-0.1, -0.05) is 23.4 Å². The molecule has 5 N–H and O–H groups in total. The second-order valence-electron chi connectivity index (χ2n) is 9.69. The van der Waals surface area contributed by atoms with E-state index in [1.807, 2.05) is 0 Å². The third-order valence-electron chi connectivity index (χ3n) is 6.20. The van der Waals surface area contributed by atoms with E-state index in [4.69, 9.17) is 26.8 Å². The first-order valence-electron chi connectivity index (χ1n) is 13.5. The van der Waals surface area contributed by atoms with Crippen molar-refractivity contribution in [3.63, 3.8) is 0 Å². The first-order chi connectivity index (χ1) is 20.2. The van der Waals surface area contributed by atoms with E-state index >= 15 is 0 Å². The Kier molecular flexibility index (Phi) is 10.8.